The monoisotopic (exact) mass is 283 g/mol. The first kappa shape index (κ1) is 14.3. The minimum atomic E-state index is -1.14. The van der Waals surface area contributed by atoms with Gasteiger partial charge in [-0.05, 0) is 12.1 Å². The van der Waals surface area contributed by atoms with Crippen molar-refractivity contribution in [2.75, 3.05) is 26.4 Å². The number of carboxylic acid groups (broad SMARTS) is 1. The maximum Gasteiger partial charge on any atom is 0.328 e. The van der Waals surface area contributed by atoms with Crippen molar-refractivity contribution < 1.29 is 28.6 Å². The molecular formula is C13H14FNO5. The van der Waals surface area contributed by atoms with Gasteiger partial charge in [-0.3, -0.25) is 4.79 Å². The average Bonchev–Trinajstić information content (AvgIpc) is 2.46. The van der Waals surface area contributed by atoms with Crippen molar-refractivity contribution in [2.24, 2.45) is 0 Å². The van der Waals surface area contributed by atoms with E-state index in [-0.39, 0.29) is 25.5 Å². The predicted octanol–water partition coefficient (Wildman–Crippen LogP) is 0.516. The van der Waals surface area contributed by atoms with Gasteiger partial charge in [0, 0.05) is 6.54 Å². The van der Waals surface area contributed by atoms with Gasteiger partial charge in [0.15, 0.2) is 24.2 Å². The van der Waals surface area contributed by atoms with Crippen LogP contribution < -0.4 is 4.74 Å². The molecule has 7 heteroatoms. The zero-order valence-corrected chi connectivity index (χ0v) is 10.6. The smallest absolute Gasteiger partial charge is 0.328 e. The molecule has 1 heterocycles. The normalized spacial score (nSPS) is 18.6. The Morgan fingerprint density at radius 3 is 2.90 bits per heavy atom. The van der Waals surface area contributed by atoms with E-state index in [0.29, 0.717) is 0 Å². The van der Waals surface area contributed by atoms with Crippen LogP contribution in [0.1, 0.15) is 0 Å². The summed E-state index contributed by atoms with van der Waals surface area (Å²) in [6.07, 6.45) is 0. The van der Waals surface area contributed by atoms with Gasteiger partial charge in [-0.15, -0.1) is 0 Å². The fourth-order valence-corrected chi connectivity index (χ4v) is 1.89. The van der Waals surface area contributed by atoms with E-state index in [1.807, 2.05) is 0 Å². The van der Waals surface area contributed by atoms with Crippen molar-refractivity contribution in [2.45, 2.75) is 6.04 Å². The second-order valence-corrected chi connectivity index (χ2v) is 4.24. The topological polar surface area (TPSA) is 76.1 Å². The van der Waals surface area contributed by atoms with Crippen LogP contribution in [0.15, 0.2) is 24.3 Å². The third-order valence-corrected chi connectivity index (χ3v) is 2.92. The van der Waals surface area contributed by atoms with Crippen LogP contribution in [0.25, 0.3) is 0 Å². The number of rotatable bonds is 4. The largest absolute Gasteiger partial charge is 0.481 e. The molecule has 1 aromatic carbocycles. The number of amides is 1. The summed E-state index contributed by atoms with van der Waals surface area (Å²) in [5.74, 6) is -2.26. The fraction of sp³-hybridized carbons (Fsp3) is 0.385. The summed E-state index contributed by atoms with van der Waals surface area (Å²) < 4.78 is 23.4. The molecule has 1 saturated heterocycles. The van der Waals surface area contributed by atoms with Crippen molar-refractivity contribution in [1.29, 1.82) is 0 Å². The number of halogens is 1. The van der Waals surface area contributed by atoms with Gasteiger partial charge in [0.2, 0.25) is 0 Å². The van der Waals surface area contributed by atoms with Gasteiger partial charge in [-0.25, -0.2) is 9.18 Å². The SMILES string of the molecule is O=C(O)[C@@H]1COCCN1C(=O)COc1ccccc1F. The van der Waals surface area contributed by atoms with Crippen LogP contribution >= 0.6 is 0 Å². The fourth-order valence-electron chi connectivity index (χ4n) is 1.89. The van der Waals surface area contributed by atoms with Gasteiger partial charge >= 0.3 is 5.97 Å². The summed E-state index contributed by atoms with van der Waals surface area (Å²) in [4.78, 5) is 24.2. The molecule has 20 heavy (non-hydrogen) atoms. The zero-order chi connectivity index (χ0) is 14.5. The molecule has 1 atom stereocenters. The molecule has 1 fully saturated rings. The Balaban J connectivity index is 1.97. The van der Waals surface area contributed by atoms with E-state index in [0.717, 1.165) is 0 Å². The molecule has 108 valence electrons. The van der Waals surface area contributed by atoms with Gasteiger partial charge in [0.05, 0.1) is 13.2 Å². The van der Waals surface area contributed by atoms with Gasteiger partial charge in [-0.1, -0.05) is 12.1 Å². The van der Waals surface area contributed by atoms with Gasteiger partial charge in [-0.2, -0.15) is 0 Å². The van der Waals surface area contributed by atoms with E-state index in [1.165, 1.54) is 23.1 Å². The number of carbonyl (C=O) groups is 2. The lowest BCUT2D eigenvalue weighted by Gasteiger charge is -2.32. The van der Waals surface area contributed by atoms with E-state index in [2.05, 4.69) is 0 Å². The summed E-state index contributed by atoms with van der Waals surface area (Å²) >= 11 is 0. The third kappa shape index (κ3) is 3.24. The van der Waals surface area contributed by atoms with E-state index >= 15 is 0 Å². The number of ether oxygens (including phenoxy) is 2. The Bertz CT molecular complexity index is 507. The zero-order valence-electron chi connectivity index (χ0n) is 10.6. The first-order valence-corrected chi connectivity index (χ1v) is 6.07. The van der Waals surface area contributed by atoms with Crippen molar-refractivity contribution in [3.63, 3.8) is 0 Å². The molecule has 0 aromatic heterocycles. The summed E-state index contributed by atoms with van der Waals surface area (Å²) in [5, 5.41) is 9.01. The summed E-state index contributed by atoms with van der Waals surface area (Å²) in [6, 6.07) is 4.68. The van der Waals surface area contributed by atoms with Crippen LogP contribution in [-0.4, -0.2) is 54.3 Å². The maximum atomic E-state index is 13.3. The summed E-state index contributed by atoms with van der Waals surface area (Å²) in [5.41, 5.74) is 0. The quantitative estimate of drug-likeness (QED) is 0.871. The number of benzene rings is 1. The number of morpholine rings is 1. The highest BCUT2D eigenvalue weighted by Crippen LogP contribution is 2.16. The highest BCUT2D eigenvalue weighted by atomic mass is 19.1. The van der Waals surface area contributed by atoms with Gasteiger partial charge in [0.1, 0.15) is 0 Å². The lowest BCUT2D eigenvalue weighted by atomic mass is 10.2. The molecule has 0 spiro atoms. The lowest BCUT2D eigenvalue weighted by molar-refractivity contribution is -0.159. The first-order valence-electron chi connectivity index (χ1n) is 6.07. The number of nitrogens with zero attached hydrogens (tertiary/aromatic N) is 1. The van der Waals surface area contributed by atoms with Crippen molar-refractivity contribution >= 4 is 11.9 Å². The Kier molecular flexibility index (Phi) is 4.52. The molecule has 2 rings (SSSR count). The van der Waals surface area contributed by atoms with E-state index in [9.17, 15) is 14.0 Å². The molecule has 0 radical (unpaired) electrons. The number of hydrogen-bond acceptors (Lipinski definition) is 4. The number of hydrogen-bond donors (Lipinski definition) is 1. The maximum absolute atomic E-state index is 13.3. The van der Waals surface area contributed by atoms with Crippen molar-refractivity contribution in [1.82, 2.24) is 4.90 Å². The molecule has 1 aliphatic rings. The highest BCUT2D eigenvalue weighted by molar-refractivity contribution is 5.84. The first-order chi connectivity index (χ1) is 9.59. The van der Waals surface area contributed by atoms with Crippen LogP contribution in [0.2, 0.25) is 0 Å². The summed E-state index contributed by atoms with van der Waals surface area (Å²) in [6.45, 7) is -0.0167. The highest BCUT2D eigenvalue weighted by Gasteiger charge is 2.32. The average molecular weight is 283 g/mol. The number of carboxylic acids is 1. The molecule has 1 aromatic rings. The van der Waals surface area contributed by atoms with E-state index in [4.69, 9.17) is 14.6 Å². The van der Waals surface area contributed by atoms with Crippen molar-refractivity contribution in [3.8, 4) is 5.75 Å². The molecule has 6 nitrogen and oxygen atoms in total. The molecule has 1 N–H and O–H groups in total. The molecule has 1 aliphatic heterocycles. The van der Waals surface area contributed by atoms with Crippen LogP contribution in [0.4, 0.5) is 4.39 Å². The lowest BCUT2D eigenvalue weighted by Crippen LogP contribution is -2.53. The summed E-state index contributed by atoms with van der Waals surface area (Å²) in [7, 11) is 0. The standard InChI is InChI=1S/C13H14FNO5/c14-9-3-1-2-4-11(9)20-8-12(16)15-5-6-19-7-10(15)13(17)18/h1-4,10H,5-8H2,(H,17,18)/t10-/m0/s1. The minimum absolute atomic E-state index is 0.0408. The number of carbonyl (C=O) groups excluding carboxylic acids is 1. The molecule has 0 unspecified atom stereocenters. The molecule has 0 saturated carbocycles. The van der Waals surface area contributed by atoms with Crippen LogP contribution in [0.3, 0.4) is 0 Å². The predicted molar refractivity (Wildman–Crippen MR) is 65.9 cm³/mol. The Hall–Kier alpha value is -2.15. The van der Waals surface area contributed by atoms with Crippen LogP contribution in [0, 0.1) is 5.82 Å². The van der Waals surface area contributed by atoms with Gasteiger partial charge in [0.25, 0.3) is 5.91 Å². The van der Waals surface area contributed by atoms with E-state index < -0.39 is 30.3 Å². The second-order valence-electron chi connectivity index (χ2n) is 4.24. The Morgan fingerprint density at radius 1 is 1.45 bits per heavy atom. The van der Waals surface area contributed by atoms with E-state index in [1.54, 1.807) is 6.07 Å². The van der Waals surface area contributed by atoms with Gasteiger partial charge < -0.3 is 19.5 Å². The Morgan fingerprint density at radius 2 is 2.20 bits per heavy atom. The van der Waals surface area contributed by atoms with Crippen LogP contribution in [-0.2, 0) is 14.3 Å². The Labute approximate surface area is 114 Å². The molecule has 0 bridgehead atoms. The molecule has 1 amide bonds. The third-order valence-electron chi connectivity index (χ3n) is 2.92. The minimum Gasteiger partial charge on any atom is -0.481 e. The molecular weight excluding hydrogens is 269 g/mol. The van der Waals surface area contributed by atoms with Crippen LogP contribution in [0.5, 0.6) is 5.75 Å². The molecule has 0 aliphatic carbocycles. The second kappa shape index (κ2) is 6.33. The number of para-hydroxylation sites is 1. The number of aliphatic carboxylic acids is 1. The van der Waals surface area contributed by atoms with Crippen molar-refractivity contribution in [3.05, 3.63) is 30.1 Å².